The van der Waals surface area contributed by atoms with Crippen LogP contribution in [-0.2, 0) is 30.5 Å². The molecule has 1 aliphatic carbocycles. The van der Waals surface area contributed by atoms with Crippen molar-refractivity contribution in [3.8, 4) is 17.2 Å². The number of nitrogens with zero attached hydrogens (tertiary/aromatic N) is 2. The van der Waals surface area contributed by atoms with Gasteiger partial charge in [0.2, 0.25) is 12.1 Å². The number of aliphatic imine (C=N–C) groups is 1. The number of ether oxygens (including phenoxy) is 3. The molecule has 0 spiro atoms. The Morgan fingerprint density at radius 2 is 1.77 bits per heavy atom. The SMILES string of the molecule is CCc1c(OC)cc(OC2OC(CO)C(O)C(O)C2O)c2c1C(=O)c1cc(CCc3ccc(N)nc3)c(CNC(N)=NC)c(O)c1C2=O. The van der Waals surface area contributed by atoms with E-state index in [1.165, 1.54) is 20.2 Å². The predicted octanol–water partition coefficient (Wildman–Crippen LogP) is -0.286. The number of benzene rings is 2. The summed E-state index contributed by atoms with van der Waals surface area (Å²) in [4.78, 5) is 36.9. The Balaban J connectivity index is 1.64. The van der Waals surface area contributed by atoms with Crippen LogP contribution in [0.3, 0.4) is 0 Å². The molecule has 0 radical (unpaired) electrons. The molecule has 15 heteroatoms. The van der Waals surface area contributed by atoms with E-state index < -0.39 is 54.6 Å². The molecule has 2 aromatic carbocycles. The number of aliphatic hydroxyl groups is 4. The molecular formula is C33H39N5O10. The number of aryl methyl sites for hydroxylation is 2. The van der Waals surface area contributed by atoms with Crippen LogP contribution in [0.4, 0.5) is 5.82 Å². The molecule has 2 aliphatic rings. The molecule has 15 nitrogen and oxygen atoms in total. The van der Waals surface area contributed by atoms with E-state index in [9.17, 15) is 35.1 Å². The zero-order chi connectivity index (χ0) is 34.9. The van der Waals surface area contributed by atoms with Crippen LogP contribution in [0.15, 0.2) is 35.5 Å². The van der Waals surface area contributed by atoms with Crippen molar-refractivity contribution in [3.63, 3.8) is 0 Å². The molecule has 10 N–H and O–H groups in total. The van der Waals surface area contributed by atoms with E-state index in [0.29, 0.717) is 35.3 Å². The Labute approximate surface area is 275 Å². The number of aromatic hydroxyl groups is 1. The predicted molar refractivity (Wildman–Crippen MR) is 172 cm³/mol. The maximum Gasteiger partial charge on any atom is 0.229 e. The van der Waals surface area contributed by atoms with Gasteiger partial charge in [-0.05, 0) is 42.5 Å². The minimum Gasteiger partial charge on any atom is -0.507 e. The molecule has 0 amide bonds. The number of nitrogen functional groups attached to an aromatic ring is 1. The van der Waals surface area contributed by atoms with Crippen molar-refractivity contribution in [2.45, 2.75) is 63.4 Å². The largest absolute Gasteiger partial charge is 0.507 e. The number of hydrogen-bond acceptors (Lipinski definition) is 13. The van der Waals surface area contributed by atoms with Gasteiger partial charge in [-0.25, -0.2) is 4.98 Å². The normalized spacial score (nSPS) is 22.2. The van der Waals surface area contributed by atoms with Crippen molar-refractivity contribution in [2.24, 2.45) is 10.7 Å². The van der Waals surface area contributed by atoms with Crippen LogP contribution >= 0.6 is 0 Å². The lowest BCUT2D eigenvalue weighted by atomic mass is 9.78. The number of guanidine groups is 1. The summed E-state index contributed by atoms with van der Waals surface area (Å²) in [6.45, 7) is 1.05. The Kier molecular flexibility index (Phi) is 10.2. The molecule has 3 aromatic rings. The second-order valence-corrected chi connectivity index (χ2v) is 11.5. The van der Waals surface area contributed by atoms with Gasteiger partial charge in [0.25, 0.3) is 0 Å². The number of methoxy groups -OCH3 is 1. The van der Waals surface area contributed by atoms with E-state index in [1.54, 1.807) is 25.3 Å². The second kappa shape index (κ2) is 14.1. The van der Waals surface area contributed by atoms with Gasteiger partial charge in [-0.3, -0.25) is 14.6 Å². The number of carbonyl (C=O) groups excluding carboxylic acids is 2. The second-order valence-electron chi connectivity index (χ2n) is 11.5. The number of aliphatic hydroxyl groups excluding tert-OH is 4. The van der Waals surface area contributed by atoms with Gasteiger partial charge in [0.05, 0.1) is 24.8 Å². The van der Waals surface area contributed by atoms with Gasteiger partial charge >= 0.3 is 0 Å². The van der Waals surface area contributed by atoms with Gasteiger partial charge in [0, 0.05) is 48.1 Å². The van der Waals surface area contributed by atoms with Gasteiger partial charge in [0.15, 0.2) is 11.7 Å². The summed E-state index contributed by atoms with van der Waals surface area (Å²) in [6, 6.07) is 6.42. The highest BCUT2D eigenvalue weighted by molar-refractivity contribution is 6.31. The van der Waals surface area contributed by atoms with E-state index in [4.69, 9.17) is 25.7 Å². The Bertz CT molecular complexity index is 1740. The molecule has 5 rings (SSSR count). The summed E-state index contributed by atoms with van der Waals surface area (Å²) in [5.74, 6) is -1.35. The lowest BCUT2D eigenvalue weighted by Gasteiger charge is -2.40. The first kappa shape index (κ1) is 34.5. The molecule has 5 unspecified atom stereocenters. The first-order chi connectivity index (χ1) is 22.9. The van der Waals surface area contributed by atoms with E-state index in [0.717, 1.165) is 5.56 Å². The first-order valence-corrected chi connectivity index (χ1v) is 15.3. The van der Waals surface area contributed by atoms with Crippen molar-refractivity contribution in [1.82, 2.24) is 10.3 Å². The number of fused-ring (bicyclic) bond motifs is 2. The highest BCUT2D eigenvalue weighted by Crippen LogP contribution is 2.45. The van der Waals surface area contributed by atoms with Crippen LogP contribution in [0.1, 0.15) is 61.0 Å². The van der Waals surface area contributed by atoms with Crippen molar-refractivity contribution < 1.29 is 49.3 Å². The highest BCUT2D eigenvalue weighted by atomic mass is 16.7. The van der Waals surface area contributed by atoms with E-state index >= 15 is 0 Å². The number of nitrogens with one attached hydrogen (secondary N) is 1. The van der Waals surface area contributed by atoms with Crippen molar-refractivity contribution >= 4 is 23.3 Å². The lowest BCUT2D eigenvalue weighted by molar-refractivity contribution is -0.277. The fraction of sp³-hybridized carbons (Fsp3) is 0.394. The van der Waals surface area contributed by atoms with Gasteiger partial charge < -0.3 is 56.5 Å². The fourth-order valence-corrected chi connectivity index (χ4v) is 6.04. The minimum absolute atomic E-state index is 0.0183. The molecule has 256 valence electrons. The standard InChI is InChI=1S/C33H39N5O10/c1-4-16-19(46-3)10-20(47-32-31(45)30(44)28(42)21(13-39)48-32)25-23(16)26(40)17-9-15(7-5-14-6-8-22(34)37-11-14)18(12-38-33(35)36-2)27(41)24(17)29(25)43/h6,8-11,21,28,30-32,39,41-42,44-45H,4-5,7,12-13H2,1-3H3,(H2,34,37)(H3,35,36,38). The van der Waals surface area contributed by atoms with Crippen molar-refractivity contribution in [3.05, 3.63) is 75.0 Å². The summed E-state index contributed by atoms with van der Waals surface area (Å²) in [5.41, 5.74) is 13.2. The summed E-state index contributed by atoms with van der Waals surface area (Å²) < 4.78 is 17.0. The van der Waals surface area contributed by atoms with Crippen LogP contribution in [0.25, 0.3) is 0 Å². The number of carbonyl (C=O) groups is 2. The summed E-state index contributed by atoms with van der Waals surface area (Å²) in [6.07, 6.45) is -5.42. The van der Waals surface area contributed by atoms with E-state index in [2.05, 4.69) is 15.3 Å². The Hall–Kier alpha value is -4.80. The fourth-order valence-electron chi connectivity index (χ4n) is 6.04. The van der Waals surface area contributed by atoms with Crippen LogP contribution in [0, 0.1) is 0 Å². The third-order valence-corrected chi connectivity index (χ3v) is 8.66. The maximum atomic E-state index is 14.4. The number of hydrogen-bond donors (Lipinski definition) is 8. The molecule has 1 aromatic heterocycles. The number of phenolic OH excluding ortho intramolecular Hbond substituents is 1. The highest BCUT2D eigenvalue weighted by Gasteiger charge is 2.46. The average Bonchev–Trinajstić information content (AvgIpc) is 3.09. The molecular weight excluding hydrogens is 626 g/mol. The lowest BCUT2D eigenvalue weighted by Crippen LogP contribution is -2.60. The van der Waals surface area contributed by atoms with Crippen molar-refractivity contribution in [1.29, 1.82) is 0 Å². The molecule has 1 saturated heterocycles. The first-order valence-electron chi connectivity index (χ1n) is 15.3. The van der Waals surface area contributed by atoms with Gasteiger partial charge in [-0.1, -0.05) is 13.0 Å². The summed E-state index contributed by atoms with van der Waals surface area (Å²) in [5, 5.41) is 55.5. The number of ketones is 2. The number of anilines is 1. The molecule has 0 bridgehead atoms. The number of nitrogens with two attached hydrogens (primary N) is 2. The number of pyridine rings is 1. The monoisotopic (exact) mass is 665 g/mol. The van der Waals surface area contributed by atoms with E-state index in [-0.39, 0.29) is 52.7 Å². The third-order valence-electron chi connectivity index (χ3n) is 8.66. The number of rotatable bonds is 10. The maximum absolute atomic E-state index is 14.4. The topological polar surface area (TPSA) is 252 Å². The third kappa shape index (κ3) is 6.25. The molecule has 5 atom stereocenters. The molecule has 1 fully saturated rings. The summed E-state index contributed by atoms with van der Waals surface area (Å²) in [7, 11) is 2.86. The summed E-state index contributed by atoms with van der Waals surface area (Å²) >= 11 is 0. The molecule has 0 saturated carbocycles. The quantitative estimate of drug-likeness (QED) is 0.0801. The van der Waals surface area contributed by atoms with E-state index in [1.807, 2.05) is 6.07 Å². The zero-order valence-corrected chi connectivity index (χ0v) is 26.6. The molecule has 48 heavy (non-hydrogen) atoms. The Morgan fingerprint density at radius 1 is 1.02 bits per heavy atom. The van der Waals surface area contributed by atoms with Gasteiger partial charge in [-0.2, -0.15) is 0 Å². The van der Waals surface area contributed by atoms with Crippen LogP contribution in [-0.4, -0.2) is 99.5 Å². The Morgan fingerprint density at radius 3 is 2.40 bits per heavy atom. The van der Waals surface area contributed by atoms with Gasteiger partial charge in [-0.15, -0.1) is 0 Å². The molecule has 1 aliphatic heterocycles. The average molecular weight is 666 g/mol. The van der Waals surface area contributed by atoms with Gasteiger partial charge in [0.1, 0.15) is 47.5 Å². The zero-order valence-electron chi connectivity index (χ0n) is 26.6. The van der Waals surface area contributed by atoms with Crippen LogP contribution < -0.4 is 26.3 Å². The number of phenols is 1. The van der Waals surface area contributed by atoms with Crippen LogP contribution in [0.2, 0.25) is 0 Å². The minimum atomic E-state index is -1.80. The smallest absolute Gasteiger partial charge is 0.229 e. The van der Waals surface area contributed by atoms with Crippen LogP contribution in [0.5, 0.6) is 17.2 Å². The van der Waals surface area contributed by atoms with Crippen molar-refractivity contribution in [2.75, 3.05) is 26.5 Å². The number of aromatic nitrogens is 1. The molecule has 2 heterocycles.